The van der Waals surface area contributed by atoms with Crippen LogP contribution in [0.3, 0.4) is 0 Å². The van der Waals surface area contributed by atoms with Crippen molar-refractivity contribution >= 4 is 35.0 Å². The molecule has 0 radical (unpaired) electrons. The van der Waals surface area contributed by atoms with Crippen LogP contribution in [-0.4, -0.2) is 17.6 Å². The van der Waals surface area contributed by atoms with Gasteiger partial charge in [-0.25, -0.2) is 4.39 Å². The van der Waals surface area contributed by atoms with Crippen molar-refractivity contribution in [3.63, 3.8) is 0 Å². The minimum absolute atomic E-state index is 0.156. The Balaban J connectivity index is 1.52. The van der Waals surface area contributed by atoms with Crippen LogP contribution in [0, 0.1) is 12.7 Å². The predicted octanol–water partition coefficient (Wildman–Crippen LogP) is 5.12. The zero-order valence-corrected chi connectivity index (χ0v) is 16.1. The molecule has 142 valence electrons. The molecule has 0 aliphatic carbocycles. The summed E-state index contributed by atoms with van der Waals surface area (Å²) in [4.78, 5) is 25.1. The van der Waals surface area contributed by atoms with Gasteiger partial charge in [0.05, 0.1) is 11.4 Å². The molecule has 4 nitrogen and oxygen atoms in total. The highest BCUT2D eigenvalue weighted by Gasteiger charge is 2.08. The van der Waals surface area contributed by atoms with Crippen molar-refractivity contribution in [3.05, 3.63) is 89.7 Å². The summed E-state index contributed by atoms with van der Waals surface area (Å²) in [5.74, 6) is -0.765. The number of carbonyl (C=O) groups is 2. The highest BCUT2D eigenvalue weighted by molar-refractivity contribution is 8.00. The number of hydrogen-bond donors (Lipinski definition) is 2. The first kappa shape index (κ1) is 19.6. The number of rotatable bonds is 6. The maximum absolute atomic E-state index is 13.6. The molecule has 0 aromatic heterocycles. The van der Waals surface area contributed by atoms with Crippen LogP contribution >= 0.6 is 11.8 Å². The lowest BCUT2D eigenvalue weighted by Crippen LogP contribution is -2.15. The van der Waals surface area contributed by atoms with Gasteiger partial charge in [-0.15, -0.1) is 11.8 Å². The molecule has 0 saturated carbocycles. The Hall–Kier alpha value is -3.12. The summed E-state index contributed by atoms with van der Waals surface area (Å²) in [6.45, 7) is 1.94. The number of para-hydroxylation sites is 1. The highest BCUT2D eigenvalue weighted by Crippen LogP contribution is 2.21. The highest BCUT2D eigenvalue weighted by atomic mass is 32.2. The molecule has 0 bridgehead atoms. The fourth-order valence-corrected chi connectivity index (χ4v) is 3.22. The van der Waals surface area contributed by atoms with Gasteiger partial charge in [-0.05, 0) is 55.5 Å². The van der Waals surface area contributed by atoms with Gasteiger partial charge in [-0.3, -0.25) is 9.59 Å². The van der Waals surface area contributed by atoms with Gasteiger partial charge in [-0.1, -0.05) is 29.8 Å². The number of benzene rings is 3. The second-order valence-corrected chi connectivity index (χ2v) is 7.21. The molecular weight excluding hydrogens is 375 g/mol. The van der Waals surface area contributed by atoms with Crippen molar-refractivity contribution in [1.82, 2.24) is 0 Å². The van der Waals surface area contributed by atoms with E-state index in [0.717, 1.165) is 10.5 Å². The zero-order valence-electron chi connectivity index (χ0n) is 15.2. The van der Waals surface area contributed by atoms with E-state index in [0.29, 0.717) is 11.3 Å². The first-order valence-electron chi connectivity index (χ1n) is 8.66. The zero-order chi connectivity index (χ0) is 19.9. The normalized spacial score (nSPS) is 10.4. The fourth-order valence-electron chi connectivity index (χ4n) is 2.52. The monoisotopic (exact) mass is 394 g/mol. The summed E-state index contributed by atoms with van der Waals surface area (Å²) in [5, 5.41) is 5.40. The molecule has 28 heavy (non-hydrogen) atoms. The Morgan fingerprint density at radius 2 is 1.68 bits per heavy atom. The first-order chi connectivity index (χ1) is 13.5. The van der Waals surface area contributed by atoms with Crippen LogP contribution < -0.4 is 10.6 Å². The number of aryl methyl sites for hydroxylation is 1. The van der Waals surface area contributed by atoms with Gasteiger partial charge < -0.3 is 10.6 Å². The summed E-state index contributed by atoms with van der Waals surface area (Å²) in [5.41, 5.74) is 2.46. The SMILES string of the molecule is Cc1cccc(C(=O)Nc2ccc(SCC(=O)Nc3ccccc3F)cc2)c1. The smallest absolute Gasteiger partial charge is 0.255 e. The van der Waals surface area contributed by atoms with Crippen LogP contribution in [0.25, 0.3) is 0 Å². The van der Waals surface area contributed by atoms with E-state index in [1.54, 1.807) is 30.3 Å². The molecule has 0 aliphatic rings. The molecule has 6 heteroatoms. The Morgan fingerprint density at radius 3 is 2.39 bits per heavy atom. The molecule has 2 amide bonds. The molecule has 0 heterocycles. The van der Waals surface area contributed by atoms with Crippen molar-refractivity contribution in [3.8, 4) is 0 Å². The average Bonchev–Trinajstić information content (AvgIpc) is 2.69. The topological polar surface area (TPSA) is 58.2 Å². The minimum Gasteiger partial charge on any atom is -0.323 e. The van der Waals surface area contributed by atoms with Gasteiger partial charge in [-0.2, -0.15) is 0 Å². The van der Waals surface area contributed by atoms with E-state index in [2.05, 4.69) is 10.6 Å². The van der Waals surface area contributed by atoms with Crippen LogP contribution in [0.2, 0.25) is 0 Å². The molecule has 0 unspecified atom stereocenters. The largest absolute Gasteiger partial charge is 0.323 e. The maximum Gasteiger partial charge on any atom is 0.255 e. The molecule has 0 aliphatic heterocycles. The molecule has 0 atom stereocenters. The lowest BCUT2D eigenvalue weighted by atomic mass is 10.1. The predicted molar refractivity (Wildman–Crippen MR) is 111 cm³/mol. The van der Waals surface area contributed by atoms with E-state index < -0.39 is 5.82 Å². The number of hydrogen-bond acceptors (Lipinski definition) is 3. The van der Waals surface area contributed by atoms with Gasteiger partial charge in [0.25, 0.3) is 5.91 Å². The van der Waals surface area contributed by atoms with Crippen molar-refractivity contribution in [2.45, 2.75) is 11.8 Å². The molecular formula is C22H19FN2O2S. The lowest BCUT2D eigenvalue weighted by molar-refractivity contribution is -0.113. The third kappa shape index (κ3) is 5.44. The number of halogens is 1. The van der Waals surface area contributed by atoms with E-state index in [4.69, 9.17) is 0 Å². The van der Waals surface area contributed by atoms with E-state index >= 15 is 0 Å². The number of thioether (sulfide) groups is 1. The summed E-state index contributed by atoms with van der Waals surface area (Å²) < 4.78 is 13.6. The second kappa shape index (κ2) is 9.19. The summed E-state index contributed by atoms with van der Waals surface area (Å²) in [6.07, 6.45) is 0. The van der Waals surface area contributed by atoms with Gasteiger partial charge in [0.1, 0.15) is 5.82 Å². The quantitative estimate of drug-likeness (QED) is 0.571. The van der Waals surface area contributed by atoms with Crippen molar-refractivity contribution in [1.29, 1.82) is 0 Å². The Labute approximate surface area is 167 Å². The van der Waals surface area contributed by atoms with Gasteiger partial charge in [0.2, 0.25) is 5.91 Å². The third-order valence-corrected chi connectivity index (χ3v) is 4.92. The number of nitrogens with one attached hydrogen (secondary N) is 2. The van der Waals surface area contributed by atoms with Gasteiger partial charge in [0, 0.05) is 16.1 Å². The molecule has 0 spiro atoms. The van der Waals surface area contributed by atoms with Gasteiger partial charge >= 0.3 is 0 Å². The second-order valence-electron chi connectivity index (χ2n) is 6.16. The number of anilines is 2. The van der Waals surface area contributed by atoms with Crippen LogP contribution in [0.15, 0.2) is 77.7 Å². The van der Waals surface area contributed by atoms with E-state index in [1.165, 1.54) is 23.9 Å². The molecule has 3 rings (SSSR count). The van der Waals surface area contributed by atoms with E-state index in [-0.39, 0.29) is 23.3 Å². The van der Waals surface area contributed by atoms with E-state index in [9.17, 15) is 14.0 Å². The van der Waals surface area contributed by atoms with Crippen molar-refractivity contribution in [2.24, 2.45) is 0 Å². The third-order valence-electron chi connectivity index (χ3n) is 3.91. The minimum atomic E-state index is -0.463. The molecule has 0 fully saturated rings. The average molecular weight is 394 g/mol. The summed E-state index contributed by atoms with van der Waals surface area (Å²) in [7, 11) is 0. The van der Waals surface area contributed by atoms with Gasteiger partial charge in [0.15, 0.2) is 0 Å². The van der Waals surface area contributed by atoms with Crippen LogP contribution in [0.5, 0.6) is 0 Å². The number of amides is 2. The van der Waals surface area contributed by atoms with Crippen molar-refractivity contribution < 1.29 is 14.0 Å². The van der Waals surface area contributed by atoms with Crippen molar-refractivity contribution in [2.75, 3.05) is 16.4 Å². The fraction of sp³-hybridized carbons (Fsp3) is 0.0909. The Morgan fingerprint density at radius 1 is 0.929 bits per heavy atom. The molecule has 2 N–H and O–H groups in total. The van der Waals surface area contributed by atoms with E-state index in [1.807, 2.05) is 37.3 Å². The summed E-state index contributed by atoms with van der Waals surface area (Å²) >= 11 is 1.33. The Bertz CT molecular complexity index is 990. The van der Waals surface area contributed by atoms with Crippen LogP contribution in [0.4, 0.5) is 15.8 Å². The van der Waals surface area contributed by atoms with Crippen LogP contribution in [0.1, 0.15) is 15.9 Å². The maximum atomic E-state index is 13.6. The molecule has 0 saturated heterocycles. The lowest BCUT2D eigenvalue weighted by Gasteiger charge is -2.08. The first-order valence-corrected chi connectivity index (χ1v) is 9.65. The van der Waals surface area contributed by atoms with Crippen LogP contribution in [-0.2, 0) is 4.79 Å². The summed E-state index contributed by atoms with van der Waals surface area (Å²) in [6, 6.07) is 20.6. The number of carbonyl (C=O) groups excluding carboxylic acids is 2. The molecule has 3 aromatic rings. The molecule has 3 aromatic carbocycles. The Kier molecular flexibility index (Phi) is 6.45. The standard InChI is InChI=1S/C22H19FN2O2S/c1-15-5-4-6-16(13-15)22(27)24-17-9-11-18(12-10-17)28-14-21(26)25-20-8-3-2-7-19(20)23/h2-13H,14H2,1H3,(H,24,27)(H,25,26).